The minimum atomic E-state index is 0.685. The quantitative estimate of drug-likeness (QED) is 0.840. The fourth-order valence-electron chi connectivity index (χ4n) is 2.22. The molecule has 1 heterocycles. The van der Waals surface area contributed by atoms with Gasteiger partial charge in [0.15, 0.2) is 0 Å². The van der Waals surface area contributed by atoms with Crippen LogP contribution in [0.5, 0.6) is 5.75 Å². The van der Waals surface area contributed by atoms with E-state index in [1.807, 2.05) is 30.3 Å². The van der Waals surface area contributed by atoms with Crippen LogP contribution in [0, 0.1) is 5.92 Å². The monoisotopic (exact) mass is 251 g/mol. The largest absolute Gasteiger partial charge is 0.494 e. The summed E-state index contributed by atoms with van der Waals surface area (Å²) < 4.78 is 5.76. The topological polar surface area (TPSA) is 21.3 Å². The average molecular weight is 251 g/mol. The second-order valence-electron chi connectivity index (χ2n) is 4.41. The molecule has 1 aliphatic heterocycles. The van der Waals surface area contributed by atoms with Crippen molar-refractivity contribution in [2.75, 3.05) is 24.7 Å². The Morgan fingerprint density at radius 1 is 1.29 bits per heavy atom. The van der Waals surface area contributed by atoms with Gasteiger partial charge in [-0.15, -0.1) is 0 Å². The molecule has 0 spiro atoms. The molecule has 1 fully saturated rings. The van der Waals surface area contributed by atoms with E-state index >= 15 is 0 Å². The molecule has 2 unspecified atom stereocenters. The summed E-state index contributed by atoms with van der Waals surface area (Å²) >= 11 is 2.06. The Morgan fingerprint density at radius 2 is 2.12 bits per heavy atom. The molecule has 1 saturated heterocycles. The smallest absolute Gasteiger partial charge is 0.119 e. The van der Waals surface area contributed by atoms with E-state index in [1.165, 1.54) is 11.5 Å². The van der Waals surface area contributed by atoms with Crippen LogP contribution in [0.4, 0.5) is 0 Å². The number of hydrogen-bond donors (Lipinski definition) is 1. The lowest BCUT2D eigenvalue weighted by molar-refractivity contribution is 0.269. The van der Waals surface area contributed by atoms with E-state index in [2.05, 4.69) is 24.0 Å². The van der Waals surface area contributed by atoms with Gasteiger partial charge in [-0.2, -0.15) is 11.8 Å². The van der Waals surface area contributed by atoms with Gasteiger partial charge in [0, 0.05) is 11.8 Å². The summed E-state index contributed by atoms with van der Waals surface area (Å²) in [7, 11) is 0. The number of thioether (sulfide) groups is 1. The molecule has 0 aliphatic carbocycles. The van der Waals surface area contributed by atoms with Crippen molar-refractivity contribution in [3.05, 3.63) is 30.3 Å². The van der Waals surface area contributed by atoms with Gasteiger partial charge in [-0.25, -0.2) is 0 Å². The summed E-state index contributed by atoms with van der Waals surface area (Å²) in [6, 6.07) is 10.8. The Bertz CT molecular complexity index is 317. The zero-order valence-corrected chi connectivity index (χ0v) is 11.2. The van der Waals surface area contributed by atoms with Gasteiger partial charge < -0.3 is 10.1 Å². The molecule has 1 aromatic rings. The molecule has 17 heavy (non-hydrogen) atoms. The number of ether oxygens (including phenoxy) is 1. The van der Waals surface area contributed by atoms with E-state index in [0.29, 0.717) is 6.04 Å². The second-order valence-corrected chi connectivity index (χ2v) is 5.49. The highest BCUT2D eigenvalue weighted by Crippen LogP contribution is 2.27. The summed E-state index contributed by atoms with van der Waals surface area (Å²) in [5.41, 5.74) is 0. The standard InChI is InChI=1S/C14H21NOS/c1-2-15-14-11-17-10-12(14)8-9-16-13-6-4-3-5-7-13/h3-7,12,14-15H,2,8-11H2,1H3. The lowest BCUT2D eigenvalue weighted by Crippen LogP contribution is -2.35. The molecule has 1 aromatic carbocycles. The van der Waals surface area contributed by atoms with Gasteiger partial charge in [0.1, 0.15) is 5.75 Å². The molecule has 2 rings (SSSR count). The highest BCUT2D eigenvalue weighted by molar-refractivity contribution is 7.99. The third kappa shape index (κ3) is 3.93. The van der Waals surface area contributed by atoms with Crippen LogP contribution >= 0.6 is 11.8 Å². The highest BCUT2D eigenvalue weighted by Gasteiger charge is 2.26. The predicted molar refractivity (Wildman–Crippen MR) is 74.8 cm³/mol. The zero-order chi connectivity index (χ0) is 11.9. The predicted octanol–water partition coefficient (Wildman–Crippen LogP) is 2.80. The highest BCUT2D eigenvalue weighted by atomic mass is 32.2. The molecule has 0 aromatic heterocycles. The molecule has 1 N–H and O–H groups in total. The molecular weight excluding hydrogens is 230 g/mol. The third-order valence-electron chi connectivity index (χ3n) is 3.17. The van der Waals surface area contributed by atoms with Crippen molar-refractivity contribution in [1.82, 2.24) is 5.32 Å². The lowest BCUT2D eigenvalue weighted by atomic mass is 10.0. The van der Waals surface area contributed by atoms with E-state index in [0.717, 1.165) is 31.2 Å². The van der Waals surface area contributed by atoms with Crippen LogP contribution in [-0.4, -0.2) is 30.7 Å². The number of para-hydroxylation sites is 1. The van der Waals surface area contributed by atoms with Crippen LogP contribution in [0.3, 0.4) is 0 Å². The van der Waals surface area contributed by atoms with Crippen molar-refractivity contribution in [2.24, 2.45) is 5.92 Å². The number of benzene rings is 1. The fourth-order valence-corrected chi connectivity index (χ4v) is 3.70. The molecular formula is C14H21NOS. The Labute approximate surface area is 108 Å². The van der Waals surface area contributed by atoms with Gasteiger partial charge in [0.2, 0.25) is 0 Å². The van der Waals surface area contributed by atoms with Crippen LogP contribution in [0.25, 0.3) is 0 Å². The second kappa shape index (κ2) is 6.92. The summed E-state index contributed by atoms with van der Waals surface area (Å²) in [5, 5.41) is 3.57. The lowest BCUT2D eigenvalue weighted by Gasteiger charge is -2.19. The first-order chi connectivity index (χ1) is 8.40. The molecule has 0 saturated carbocycles. The summed E-state index contributed by atoms with van der Waals surface area (Å²) in [6.45, 7) is 4.08. The summed E-state index contributed by atoms with van der Waals surface area (Å²) in [6.07, 6.45) is 1.15. The van der Waals surface area contributed by atoms with E-state index in [9.17, 15) is 0 Å². The van der Waals surface area contributed by atoms with Gasteiger partial charge >= 0.3 is 0 Å². The molecule has 3 heteroatoms. The van der Waals surface area contributed by atoms with Crippen molar-refractivity contribution in [3.8, 4) is 5.75 Å². The Kier molecular flexibility index (Phi) is 5.20. The number of hydrogen-bond acceptors (Lipinski definition) is 3. The first kappa shape index (κ1) is 12.8. The van der Waals surface area contributed by atoms with Crippen molar-refractivity contribution in [1.29, 1.82) is 0 Å². The summed E-state index contributed by atoms with van der Waals surface area (Å²) in [5.74, 6) is 4.28. The molecule has 0 bridgehead atoms. The van der Waals surface area contributed by atoms with Crippen molar-refractivity contribution in [3.63, 3.8) is 0 Å². The van der Waals surface area contributed by atoms with Gasteiger partial charge in [0.25, 0.3) is 0 Å². The molecule has 1 aliphatic rings. The Hall–Kier alpha value is -0.670. The molecule has 0 amide bonds. The van der Waals surface area contributed by atoms with E-state index in [-0.39, 0.29) is 0 Å². The van der Waals surface area contributed by atoms with Gasteiger partial charge in [-0.05, 0) is 36.8 Å². The molecule has 2 nitrogen and oxygen atoms in total. The first-order valence-corrected chi connectivity index (χ1v) is 7.54. The molecule has 94 valence electrons. The van der Waals surface area contributed by atoms with Crippen LogP contribution in [0.1, 0.15) is 13.3 Å². The number of nitrogens with one attached hydrogen (secondary N) is 1. The Morgan fingerprint density at radius 3 is 2.88 bits per heavy atom. The minimum Gasteiger partial charge on any atom is -0.494 e. The van der Waals surface area contributed by atoms with Crippen molar-refractivity contribution < 1.29 is 4.74 Å². The van der Waals surface area contributed by atoms with Crippen LogP contribution in [0.2, 0.25) is 0 Å². The van der Waals surface area contributed by atoms with Crippen LogP contribution in [-0.2, 0) is 0 Å². The first-order valence-electron chi connectivity index (χ1n) is 6.39. The van der Waals surface area contributed by atoms with Gasteiger partial charge in [-0.1, -0.05) is 25.1 Å². The maximum Gasteiger partial charge on any atom is 0.119 e. The SMILES string of the molecule is CCNC1CSCC1CCOc1ccccc1. The number of rotatable bonds is 6. The van der Waals surface area contributed by atoms with Crippen LogP contribution < -0.4 is 10.1 Å². The van der Waals surface area contributed by atoms with E-state index in [1.54, 1.807) is 0 Å². The maximum absolute atomic E-state index is 5.76. The zero-order valence-electron chi connectivity index (χ0n) is 10.4. The van der Waals surface area contributed by atoms with E-state index < -0.39 is 0 Å². The van der Waals surface area contributed by atoms with Gasteiger partial charge in [-0.3, -0.25) is 0 Å². The van der Waals surface area contributed by atoms with Crippen LogP contribution in [0.15, 0.2) is 30.3 Å². The fraction of sp³-hybridized carbons (Fsp3) is 0.571. The molecule has 0 radical (unpaired) electrons. The van der Waals surface area contributed by atoms with Crippen molar-refractivity contribution in [2.45, 2.75) is 19.4 Å². The van der Waals surface area contributed by atoms with Crippen molar-refractivity contribution >= 4 is 11.8 Å². The normalized spacial score (nSPS) is 23.8. The molecule has 2 atom stereocenters. The van der Waals surface area contributed by atoms with E-state index in [4.69, 9.17) is 4.74 Å². The third-order valence-corrected chi connectivity index (χ3v) is 4.42. The minimum absolute atomic E-state index is 0.685. The Balaban J connectivity index is 1.71. The van der Waals surface area contributed by atoms with Gasteiger partial charge in [0.05, 0.1) is 6.61 Å². The average Bonchev–Trinajstić information content (AvgIpc) is 2.79. The summed E-state index contributed by atoms with van der Waals surface area (Å²) in [4.78, 5) is 0. The maximum atomic E-state index is 5.76.